The van der Waals surface area contributed by atoms with Crippen LogP contribution in [0, 0.1) is 0 Å². The molecule has 1 fully saturated rings. The first kappa shape index (κ1) is 20.6. The second-order valence-electron chi connectivity index (χ2n) is 6.32. The van der Waals surface area contributed by atoms with Crippen molar-refractivity contribution >= 4 is 35.3 Å². The number of benzene rings is 1. The minimum atomic E-state index is -1.55. The summed E-state index contributed by atoms with van der Waals surface area (Å²) in [7, 11) is 2.17. The maximum atomic E-state index is 9.41. The van der Waals surface area contributed by atoms with E-state index >= 15 is 0 Å². The van der Waals surface area contributed by atoms with Gasteiger partial charge in [0, 0.05) is 43.5 Å². The van der Waals surface area contributed by atoms with Crippen molar-refractivity contribution in [2.24, 2.45) is 4.99 Å². The maximum Gasteiger partial charge on any atom is 0.212 e. The van der Waals surface area contributed by atoms with E-state index in [4.69, 9.17) is 4.99 Å². The summed E-state index contributed by atoms with van der Waals surface area (Å²) in [4.78, 5) is 34.1. The van der Waals surface area contributed by atoms with Gasteiger partial charge >= 0.3 is 0 Å². The first-order chi connectivity index (χ1) is 13.9. The van der Waals surface area contributed by atoms with Crippen LogP contribution in [0.1, 0.15) is 0 Å². The number of rotatable bonds is 2. The quantitative estimate of drug-likeness (QED) is 0.586. The molecule has 3 heterocycles. The summed E-state index contributed by atoms with van der Waals surface area (Å²) in [5.41, 5.74) is 1.03. The molecule has 9 nitrogen and oxygen atoms in total. The van der Waals surface area contributed by atoms with Crippen molar-refractivity contribution in [1.82, 2.24) is 19.4 Å². The number of carbonyl (C=O) groups excluding carboxylic acids is 2. The number of fused-ring (bicyclic) bond motifs is 2. The second-order valence-corrected chi connectivity index (χ2v) is 7.33. The Hall–Kier alpha value is -3.11. The van der Waals surface area contributed by atoms with Crippen molar-refractivity contribution in [3.63, 3.8) is 0 Å². The average molecular weight is 413 g/mol. The lowest BCUT2D eigenvalue weighted by Gasteiger charge is -2.34. The molecule has 0 spiro atoms. The highest BCUT2D eigenvalue weighted by molar-refractivity contribution is 7.99. The van der Waals surface area contributed by atoms with Gasteiger partial charge in [0.25, 0.3) is 0 Å². The van der Waals surface area contributed by atoms with Gasteiger partial charge in [-0.05, 0) is 43.1 Å². The molecule has 1 aromatic carbocycles. The van der Waals surface area contributed by atoms with Gasteiger partial charge < -0.3 is 29.6 Å². The number of para-hydroxylation sites is 1. The molecule has 0 radical (unpaired) electrons. The highest BCUT2D eigenvalue weighted by atomic mass is 32.2. The van der Waals surface area contributed by atoms with Crippen molar-refractivity contribution < 1.29 is 19.8 Å². The standard InChI is InChI=1S/C15H17N5S.C4H4O4/c1-18-8-10-19(11-9-18)14-17-12-4-2-3-5-13(12)21-15-16-6-7-20(14)15;5-3(6)1-2-4(7)8/h2-7H,8-11H2,1H3;1-2H,(H,5,6)(H,7,8)/p-2/b;2-1-. The molecule has 4 rings (SSSR count). The van der Waals surface area contributed by atoms with Gasteiger partial charge in [0.05, 0.1) is 17.6 Å². The third-order valence-corrected chi connectivity index (χ3v) is 5.30. The molecule has 1 saturated heterocycles. The molecule has 10 heteroatoms. The van der Waals surface area contributed by atoms with Gasteiger partial charge in [0.15, 0.2) is 5.16 Å². The number of aliphatic carboxylic acids is 2. The molecule has 2 aliphatic rings. The number of piperazine rings is 1. The van der Waals surface area contributed by atoms with Gasteiger partial charge in [-0.25, -0.2) is 9.98 Å². The number of carbonyl (C=O) groups is 2. The first-order valence-corrected chi connectivity index (χ1v) is 9.68. The third-order valence-electron chi connectivity index (χ3n) is 4.25. The molecule has 0 saturated carbocycles. The Bertz CT molecular complexity index is 932. The van der Waals surface area contributed by atoms with Crippen LogP contribution in [0.15, 0.2) is 63.9 Å². The van der Waals surface area contributed by atoms with Crippen molar-refractivity contribution in [3.05, 3.63) is 48.8 Å². The van der Waals surface area contributed by atoms with E-state index in [0.29, 0.717) is 12.2 Å². The van der Waals surface area contributed by atoms with Crippen LogP contribution >= 0.6 is 11.8 Å². The van der Waals surface area contributed by atoms with Crippen molar-refractivity contribution in [3.8, 4) is 0 Å². The fraction of sp³-hybridized carbons (Fsp3) is 0.263. The van der Waals surface area contributed by atoms with Crippen molar-refractivity contribution in [1.29, 1.82) is 0 Å². The van der Waals surface area contributed by atoms with Crippen LogP contribution in [0.25, 0.3) is 0 Å². The van der Waals surface area contributed by atoms with E-state index in [2.05, 4.69) is 44.6 Å². The Labute approximate surface area is 172 Å². The minimum Gasteiger partial charge on any atom is -0.545 e. The normalized spacial score (nSPS) is 16.2. The molecule has 0 atom stereocenters. The second kappa shape index (κ2) is 9.39. The number of carboxylic acid groups (broad SMARTS) is 2. The van der Waals surface area contributed by atoms with Crippen LogP contribution in [-0.4, -0.2) is 70.5 Å². The van der Waals surface area contributed by atoms with Crippen molar-refractivity contribution in [2.75, 3.05) is 33.2 Å². The van der Waals surface area contributed by atoms with E-state index in [9.17, 15) is 19.8 Å². The zero-order chi connectivity index (χ0) is 20.8. The molecular formula is C19H19N5O4S-2. The van der Waals surface area contributed by atoms with Crippen LogP contribution in [0.2, 0.25) is 0 Å². The fourth-order valence-corrected chi connectivity index (χ4v) is 3.69. The molecule has 29 heavy (non-hydrogen) atoms. The molecule has 0 N–H and O–H groups in total. The van der Waals surface area contributed by atoms with Gasteiger partial charge in [-0.1, -0.05) is 12.1 Å². The van der Waals surface area contributed by atoms with E-state index < -0.39 is 11.9 Å². The zero-order valence-corrected chi connectivity index (χ0v) is 16.5. The monoisotopic (exact) mass is 413 g/mol. The summed E-state index contributed by atoms with van der Waals surface area (Å²) in [6.07, 6.45) is 4.62. The Balaban J connectivity index is 0.000000258. The highest BCUT2D eigenvalue weighted by Gasteiger charge is 2.24. The summed E-state index contributed by atoms with van der Waals surface area (Å²) in [6, 6.07) is 8.27. The molecule has 2 aromatic rings. The molecule has 2 aliphatic heterocycles. The molecule has 0 bridgehead atoms. The molecule has 0 amide bonds. The highest BCUT2D eigenvalue weighted by Crippen LogP contribution is 2.37. The Morgan fingerprint density at radius 2 is 1.72 bits per heavy atom. The lowest BCUT2D eigenvalue weighted by atomic mass is 10.3. The zero-order valence-electron chi connectivity index (χ0n) is 15.7. The smallest absolute Gasteiger partial charge is 0.212 e. The lowest BCUT2D eigenvalue weighted by Crippen LogP contribution is -2.49. The van der Waals surface area contributed by atoms with E-state index in [-0.39, 0.29) is 0 Å². The number of likely N-dealkylation sites (N-methyl/N-ethyl adjacent to an activating group) is 1. The topological polar surface area (TPSA) is 117 Å². The summed E-state index contributed by atoms with van der Waals surface area (Å²) in [5.74, 6) is -2.10. The largest absolute Gasteiger partial charge is 0.545 e. The molecule has 0 aliphatic carbocycles. The summed E-state index contributed by atoms with van der Waals surface area (Å²) >= 11 is 1.68. The SMILES string of the molecule is CN1CCN(C2=Nc3ccccc3Sc3nccn32)CC1.O=C([O-])/C=C\C(=O)[O-]. The van der Waals surface area contributed by atoms with Gasteiger partial charge in [-0.15, -0.1) is 0 Å². The molecule has 0 unspecified atom stereocenters. The predicted octanol–water partition coefficient (Wildman–Crippen LogP) is -0.827. The van der Waals surface area contributed by atoms with Crippen molar-refractivity contribution in [2.45, 2.75) is 10.1 Å². The van der Waals surface area contributed by atoms with Gasteiger partial charge in [-0.3, -0.25) is 4.57 Å². The van der Waals surface area contributed by atoms with Gasteiger partial charge in [0.1, 0.15) is 0 Å². The van der Waals surface area contributed by atoms with Crippen LogP contribution in [0.4, 0.5) is 5.69 Å². The Morgan fingerprint density at radius 3 is 2.38 bits per heavy atom. The predicted molar refractivity (Wildman–Crippen MR) is 104 cm³/mol. The van der Waals surface area contributed by atoms with Crippen LogP contribution < -0.4 is 10.2 Å². The first-order valence-electron chi connectivity index (χ1n) is 8.87. The summed E-state index contributed by atoms with van der Waals surface area (Å²) < 4.78 is 2.11. The van der Waals surface area contributed by atoms with Crippen LogP contribution in [-0.2, 0) is 9.59 Å². The number of imidazole rings is 1. The Kier molecular flexibility index (Phi) is 6.68. The lowest BCUT2D eigenvalue weighted by molar-refractivity contribution is -0.301. The minimum absolute atomic E-state index is 0.384. The Morgan fingerprint density at radius 1 is 1.07 bits per heavy atom. The van der Waals surface area contributed by atoms with E-state index in [0.717, 1.165) is 47.9 Å². The fourth-order valence-electron chi connectivity index (χ4n) is 2.78. The van der Waals surface area contributed by atoms with Gasteiger partial charge in [0.2, 0.25) is 5.96 Å². The number of carboxylic acids is 2. The molecule has 152 valence electrons. The van der Waals surface area contributed by atoms with E-state index in [1.165, 1.54) is 0 Å². The number of aromatic nitrogens is 2. The van der Waals surface area contributed by atoms with E-state index in [1.807, 2.05) is 18.5 Å². The summed E-state index contributed by atoms with van der Waals surface area (Å²) in [5, 5.41) is 19.8. The average Bonchev–Trinajstić information content (AvgIpc) is 3.09. The number of hydrogen-bond donors (Lipinski definition) is 0. The van der Waals surface area contributed by atoms with Crippen LogP contribution in [0.5, 0.6) is 0 Å². The third kappa shape index (κ3) is 5.46. The number of nitrogens with zero attached hydrogens (tertiary/aromatic N) is 5. The van der Waals surface area contributed by atoms with Gasteiger partial charge in [-0.2, -0.15) is 0 Å². The summed E-state index contributed by atoms with van der Waals surface area (Å²) in [6.45, 7) is 4.13. The number of aliphatic imine (C=N–C) groups is 1. The number of hydrogen-bond acceptors (Lipinski definition) is 9. The molecular weight excluding hydrogens is 394 g/mol. The van der Waals surface area contributed by atoms with Crippen LogP contribution in [0.3, 0.4) is 0 Å². The maximum absolute atomic E-state index is 9.41. The van der Waals surface area contributed by atoms with E-state index in [1.54, 1.807) is 11.8 Å². The molecule has 1 aromatic heterocycles.